The minimum absolute atomic E-state index is 0.0667. The highest BCUT2D eigenvalue weighted by molar-refractivity contribution is 8.00. The number of hydrogen-bond acceptors (Lipinski definition) is 3. The van der Waals surface area contributed by atoms with Crippen molar-refractivity contribution in [2.75, 3.05) is 11.9 Å². The predicted octanol–water partition coefficient (Wildman–Crippen LogP) is 5.06. The third kappa shape index (κ3) is 5.43. The van der Waals surface area contributed by atoms with Gasteiger partial charge in [-0.2, -0.15) is 13.2 Å². The monoisotopic (exact) mass is 319 g/mol. The summed E-state index contributed by atoms with van der Waals surface area (Å²) in [5, 5.41) is 3.26. The third-order valence-corrected chi connectivity index (χ3v) is 4.26. The average Bonchev–Trinajstić information content (AvgIpc) is 2.40. The molecule has 21 heavy (non-hydrogen) atoms. The van der Waals surface area contributed by atoms with Gasteiger partial charge in [0.15, 0.2) is 0 Å². The zero-order valence-electron chi connectivity index (χ0n) is 12.0. The van der Waals surface area contributed by atoms with Crippen LogP contribution < -0.4 is 5.32 Å². The number of hydrogen-bond donors (Lipinski definition) is 1. The SMILES string of the molecule is CCCC1CC(Nc2ccccc2SC(F)(F)F)CCO1. The van der Waals surface area contributed by atoms with Crippen LogP contribution in [0.15, 0.2) is 29.2 Å². The molecule has 1 N–H and O–H groups in total. The van der Waals surface area contributed by atoms with Gasteiger partial charge in [-0.25, -0.2) is 0 Å². The summed E-state index contributed by atoms with van der Waals surface area (Å²) in [6.07, 6.45) is 3.93. The second kappa shape index (κ2) is 7.40. The van der Waals surface area contributed by atoms with Crippen LogP contribution in [0.3, 0.4) is 0 Å². The fourth-order valence-electron chi connectivity index (χ4n) is 2.55. The molecule has 0 aliphatic carbocycles. The van der Waals surface area contributed by atoms with E-state index in [1.165, 1.54) is 6.07 Å². The molecule has 1 aromatic carbocycles. The van der Waals surface area contributed by atoms with Gasteiger partial charge in [0.25, 0.3) is 0 Å². The van der Waals surface area contributed by atoms with Crippen LogP contribution in [0.25, 0.3) is 0 Å². The van der Waals surface area contributed by atoms with Crippen LogP contribution in [0.2, 0.25) is 0 Å². The second-order valence-corrected chi connectivity index (χ2v) is 6.30. The number of halogens is 3. The fraction of sp³-hybridized carbons (Fsp3) is 0.600. The highest BCUT2D eigenvalue weighted by Crippen LogP contribution is 2.40. The van der Waals surface area contributed by atoms with E-state index < -0.39 is 5.51 Å². The standard InChI is InChI=1S/C15H20F3NOS/c1-2-5-12-10-11(8-9-20-12)19-13-6-3-4-7-14(13)21-15(16,17)18/h3-4,6-7,11-12,19H,2,5,8-10H2,1H3. The molecule has 1 fully saturated rings. The lowest BCUT2D eigenvalue weighted by atomic mass is 10.00. The summed E-state index contributed by atoms with van der Waals surface area (Å²) in [4.78, 5) is 0.225. The van der Waals surface area contributed by atoms with E-state index in [-0.39, 0.29) is 28.8 Å². The maximum atomic E-state index is 12.6. The number of rotatable bonds is 5. The number of anilines is 1. The molecule has 1 heterocycles. The van der Waals surface area contributed by atoms with Gasteiger partial charge < -0.3 is 10.1 Å². The van der Waals surface area contributed by atoms with Crippen molar-refractivity contribution in [2.24, 2.45) is 0 Å². The summed E-state index contributed by atoms with van der Waals surface area (Å²) in [5.41, 5.74) is -3.71. The molecule has 6 heteroatoms. The van der Waals surface area contributed by atoms with Gasteiger partial charge in [-0.3, -0.25) is 0 Å². The first kappa shape index (κ1) is 16.5. The maximum absolute atomic E-state index is 12.6. The average molecular weight is 319 g/mol. The molecule has 2 nitrogen and oxygen atoms in total. The van der Waals surface area contributed by atoms with Gasteiger partial charge in [-0.15, -0.1) is 0 Å². The normalized spacial score (nSPS) is 23.0. The summed E-state index contributed by atoms with van der Waals surface area (Å²) in [6, 6.07) is 6.77. The van der Waals surface area contributed by atoms with E-state index >= 15 is 0 Å². The molecule has 2 unspecified atom stereocenters. The number of alkyl halides is 3. The van der Waals surface area contributed by atoms with Gasteiger partial charge in [0.2, 0.25) is 0 Å². The zero-order valence-corrected chi connectivity index (χ0v) is 12.8. The molecule has 0 bridgehead atoms. The Morgan fingerprint density at radius 3 is 2.81 bits per heavy atom. The number of ether oxygens (including phenoxy) is 1. The highest BCUT2D eigenvalue weighted by atomic mass is 32.2. The molecule has 0 amide bonds. The molecule has 118 valence electrons. The minimum Gasteiger partial charge on any atom is -0.381 e. The lowest BCUT2D eigenvalue weighted by molar-refractivity contribution is -0.0328. The zero-order chi connectivity index (χ0) is 15.3. The molecule has 1 aliphatic heterocycles. The van der Waals surface area contributed by atoms with Crippen LogP contribution in [0.5, 0.6) is 0 Å². The van der Waals surface area contributed by atoms with E-state index in [0.717, 1.165) is 25.7 Å². The van der Waals surface area contributed by atoms with E-state index in [4.69, 9.17) is 4.74 Å². The van der Waals surface area contributed by atoms with E-state index in [2.05, 4.69) is 12.2 Å². The van der Waals surface area contributed by atoms with E-state index in [1.54, 1.807) is 18.2 Å². The summed E-state index contributed by atoms with van der Waals surface area (Å²) in [5.74, 6) is 0. The van der Waals surface area contributed by atoms with Crippen LogP contribution in [0.1, 0.15) is 32.6 Å². The summed E-state index contributed by atoms with van der Waals surface area (Å²) >= 11 is -0.0667. The Labute approximate surface area is 127 Å². The van der Waals surface area contributed by atoms with Gasteiger partial charge in [0, 0.05) is 23.2 Å². The predicted molar refractivity (Wildman–Crippen MR) is 79.6 cm³/mol. The molecular weight excluding hydrogens is 299 g/mol. The summed E-state index contributed by atoms with van der Waals surface area (Å²) < 4.78 is 43.4. The number of para-hydroxylation sites is 1. The van der Waals surface area contributed by atoms with Crippen LogP contribution >= 0.6 is 11.8 Å². The minimum atomic E-state index is -4.27. The summed E-state index contributed by atoms with van der Waals surface area (Å²) in [7, 11) is 0. The van der Waals surface area contributed by atoms with Crippen LogP contribution in [-0.4, -0.2) is 24.3 Å². The van der Waals surface area contributed by atoms with Crippen molar-refractivity contribution in [1.82, 2.24) is 0 Å². The van der Waals surface area contributed by atoms with Crippen molar-refractivity contribution in [1.29, 1.82) is 0 Å². The smallest absolute Gasteiger partial charge is 0.381 e. The van der Waals surface area contributed by atoms with Crippen LogP contribution in [0.4, 0.5) is 18.9 Å². The fourth-order valence-corrected chi connectivity index (χ4v) is 3.19. The van der Waals surface area contributed by atoms with Gasteiger partial charge >= 0.3 is 5.51 Å². The number of thioether (sulfide) groups is 1. The molecule has 0 spiro atoms. The molecule has 2 rings (SSSR count). The number of nitrogens with one attached hydrogen (secondary N) is 1. The van der Waals surface area contributed by atoms with Gasteiger partial charge in [-0.1, -0.05) is 25.5 Å². The quantitative estimate of drug-likeness (QED) is 0.767. The first-order valence-electron chi connectivity index (χ1n) is 7.21. The molecule has 1 aromatic rings. The lowest BCUT2D eigenvalue weighted by Crippen LogP contribution is -2.34. The van der Waals surface area contributed by atoms with Crippen molar-refractivity contribution in [3.05, 3.63) is 24.3 Å². The Kier molecular flexibility index (Phi) is 5.81. The van der Waals surface area contributed by atoms with Crippen molar-refractivity contribution in [2.45, 2.75) is 55.2 Å². The highest BCUT2D eigenvalue weighted by Gasteiger charge is 2.31. The van der Waals surface area contributed by atoms with E-state index in [9.17, 15) is 13.2 Å². The third-order valence-electron chi connectivity index (χ3n) is 3.45. The largest absolute Gasteiger partial charge is 0.446 e. The van der Waals surface area contributed by atoms with Crippen LogP contribution in [0, 0.1) is 0 Å². The molecule has 0 aromatic heterocycles. The molecule has 2 atom stereocenters. The molecule has 0 saturated carbocycles. The molecule has 0 radical (unpaired) electrons. The molecule has 1 saturated heterocycles. The Balaban J connectivity index is 2.02. The topological polar surface area (TPSA) is 21.3 Å². The van der Waals surface area contributed by atoms with Crippen LogP contribution in [-0.2, 0) is 4.74 Å². The summed E-state index contributed by atoms with van der Waals surface area (Å²) in [6.45, 7) is 2.77. The molecule has 1 aliphatic rings. The van der Waals surface area contributed by atoms with Gasteiger partial charge in [0.1, 0.15) is 0 Å². The Morgan fingerprint density at radius 1 is 1.33 bits per heavy atom. The van der Waals surface area contributed by atoms with Crippen molar-refractivity contribution >= 4 is 17.4 Å². The van der Waals surface area contributed by atoms with E-state index in [0.29, 0.717) is 12.3 Å². The Bertz CT molecular complexity index is 451. The van der Waals surface area contributed by atoms with Crippen molar-refractivity contribution in [3.8, 4) is 0 Å². The van der Waals surface area contributed by atoms with Gasteiger partial charge in [0.05, 0.1) is 6.10 Å². The molecular formula is C15H20F3NOS. The number of benzene rings is 1. The Hall–Kier alpha value is -0.880. The lowest BCUT2D eigenvalue weighted by Gasteiger charge is -2.31. The first-order valence-corrected chi connectivity index (χ1v) is 8.02. The maximum Gasteiger partial charge on any atom is 0.446 e. The first-order chi connectivity index (χ1) is 9.98. The van der Waals surface area contributed by atoms with Crippen molar-refractivity contribution in [3.63, 3.8) is 0 Å². The second-order valence-electron chi connectivity index (χ2n) is 5.19. The Morgan fingerprint density at radius 2 is 2.10 bits per heavy atom. The van der Waals surface area contributed by atoms with E-state index in [1.807, 2.05) is 0 Å². The van der Waals surface area contributed by atoms with Gasteiger partial charge in [-0.05, 0) is 43.2 Å². The van der Waals surface area contributed by atoms with Crippen molar-refractivity contribution < 1.29 is 17.9 Å².